The van der Waals surface area contributed by atoms with E-state index in [-0.39, 0.29) is 23.7 Å². The van der Waals surface area contributed by atoms with Crippen LogP contribution in [0.25, 0.3) is 0 Å². The zero-order valence-corrected chi connectivity index (χ0v) is 7.52. The second-order valence-electron chi connectivity index (χ2n) is 2.99. The maximum Gasteiger partial charge on any atom is 0.262 e. The number of fused-ring (bicyclic) bond motifs is 1. The minimum absolute atomic E-state index is 0.0228. The normalized spacial score (nSPS) is 20.5. The Morgan fingerprint density at radius 3 is 2.93 bits per heavy atom. The van der Waals surface area contributed by atoms with Crippen LogP contribution in [0.15, 0.2) is 0 Å². The van der Waals surface area contributed by atoms with Crippen LogP contribution in [-0.4, -0.2) is 26.6 Å². The lowest BCUT2D eigenvalue weighted by atomic mass is 10.0. The van der Waals surface area contributed by atoms with Gasteiger partial charge in [0.15, 0.2) is 0 Å². The Labute approximate surface area is 79.3 Å². The summed E-state index contributed by atoms with van der Waals surface area (Å²) in [7, 11) is 0. The summed E-state index contributed by atoms with van der Waals surface area (Å²) in [5, 5.41) is 6.15. The van der Waals surface area contributed by atoms with Gasteiger partial charge in [-0.15, -0.1) is 5.10 Å². The SMILES string of the molecule is CCC1C(=O)Nc2nc(N)nn2C1=O. The Balaban J connectivity index is 2.48. The second kappa shape index (κ2) is 2.79. The maximum atomic E-state index is 11.6. The van der Waals surface area contributed by atoms with Crippen LogP contribution in [0.2, 0.25) is 0 Å². The molecule has 0 bridgehead atoms. The Kier molecular flexibility index (Phi) is 1.73. The molecule has 1 atom stereocenters. The van der Waals surface area contributed by atoms with Crippen molar-refractivity contribution in [1.82, 2.24) is 14.8 Å². The number of hydrogen-bond donors (Lipinski definition) is 2. The number of anilines is 2. The molecule has 1 aliphatic rings. The molecule has 0 aliphatic carbocycles. The average Bonchev–Trinajstić information content (AvgIpc) is 2.47. The molecule has 0 saturated heterocycles. The fourth-order valence-corrected chi connectivity index (χ4v) is 1.38. The van der Waals surface area contributed by atoms with Crippen LogP contribution in [0.1, 0.15) is 18.1 Å². The predicted octanol–water partition coefficient (Wildman–Crippen LogP) is -0.521. The summed E-state index contributed by atoms with van der Waals surface area (Å²) < 4.78 is 1.03. The molecule has 1 aliphatic heterocycles. The fourth-order valence-electron chi connectivity index (χ4n) is 1.38. The standard InChI is InChI=1S/C7H9N5O2/c1-2-3-4(13)9-7-10-6(8)11-12(7)5(3)14/h3H,2H2,1H3,(H3,8,9,10,11,13). The van der Waals surface area contributed by atoms with Gasteiger partial charge in [-0.25, -0.2) is 0 Å². The van der Waals surface area contributed by atoms with Crippen molar-refractivity contribution in [3.05, 3.63) is 0 Å². The lowest BCUT2D eigenvalue weighted by Gasteiger charge is -2.18. The molecule has 0 radical (unpaired) electrons. The molecule has 0 spiro atoms. The number of nitrogens with two attached hydrogens (primary N) is 1. The summed E-state index contributed by atoms with van der Waals surface area (Å²) in [6.07, 6.45) is 0.434. The molecule has 0 saturated carbocycles. The first kappa shape index (κ1) is 8.67. The lowest BCUT2D eigenvalue weighted by molar-refractivity contribution is -0.119. The lowest BCUT2D eigenvalue weighted by Crippen LogP contribution is -2.39. The number of amides is 1. The molecule has 1 amide bonds. The van der Waals surface area contributed by atoms with Crippen molar-refractivity contribution in [3.8, 4) is 0 Å². The van der Waals surface area contributed by atoms with Gasteiger partial charge >= 0.3 is 0 Å². The van der Waals surface area contributed by atoms with E-state index in [4.69, 9.17) is 5.73 Å². The van der Waals surface area contributed by atoms with E-state index in [2.05, 4.69) is 15.4 Å². The van der Waals surface area contributed by atoms with E-state index >= 15 is 0 Å². The minimum atomic E-state index is -0.691. The third-order valence-electron chi connectivity index (χ3n) is 2.09. The van der Waals surface area contributed by atoms with Gasteiger partial charge in [-0.05, 0) is 6.42 Å². The molecule has 74 valence electrons. The number of rotatable bonds is 1. The highest BCUT2D eigenvalue weighted by Gasteiger charge is 2.34. The Bertz CT molecular complexity index is 410. The first-order valence-corrected chi connectivity index (χ1v) is 4.21. The summed E-state index contributed by atoms with van der Waals surface area (Å²) in [5.74, 6) is -1.34. The first-order chi connectivity index (χ1) is 6.63. The van der Waals surface area contributed by atoms with E-state index in [0.717, 1.165) is 4.68 Å². The first-order valence-electron chi connectivity index (χ1n) is 4.21. The number of nitrogens with one attached hydrogen (secondary N) is 1. The number of nitrogens with zero attached hydrogens (tertiary/aromatic N) is 3. The highest BCUT2D eigenvalue weighted by Crippen LogP contribution is 2.19. The molecule has 7 nitrogen and oxygen atoms in total. The molecule has 7 heteroatoms. The van der Waals surface area contributed by atoms with E-state index in [1.807, 2.05) is 0 Å². The Morgan fingerprint density at radius 2 is 2.29 bits per heavy atom. The monoisotopic (exact) mass is 195 g/mol. The highest BCUT2D eigenvalue weighted by atomic mass is 16.2. The van der Waals surface area contributed by atoms with E-state index in [9.17, 15) is 9.59 Å². The molecule has 3 N–H and O–H groups in total. The topological polar surface area (TPSA) is 103 Å². The van der Waals surface area contributed by atoms with E-state index in [0.29, 0.717) is 6.42 Å². The summed E-state index contributed by atoms with van der Waals surface area (Å²) >= 11 is 0. The largest absolute Gasteiger partial charge is 0.366 e. The van der Waals surface area contributed by atoms with Gasteiger partial charge in [-0.2, -0.15) is 9.67 Å². The summed E-state index contributed by atoms with van der Waals surface area (Å²) in [6.45, 7) is 1.76. The predicted molar refractivity (Wildman–Crippen MR) is 47.5 cm³/mol. The summed E-state index contributed by atoms with van der Waals surface area (Å²) in [5.41, 5.74) is 5.31. The average molecular weight is 195 g/mol. The van der Waals surface area contributed by atoms with Crippen molar-refractivity contribution in [3.63, 3.8) is 0 Å². The van der Waals surface area contributed by atoms with Gasteiger partial charge in [0.05, 0.1) is 0 Å². The van der Waals surface area contributed by atoms with Crippen molar-refractivity contribution in [2.24, 2.45) is 5.92 Å². The number of hydrogen-bond acceptors (Lipinski definition) is 5. The zero-order valence-electron chi connectivity index (χ0n) is 7.52. The van der Waals surface area contributed by atoms with Crippen LogP contribution < -0.4 is 11.1 Å². The molecule has 1 unspecified atom stereocenters. The number of nitrogen functional groups attached to an aromatic ring is 1. The van der Waals surface area contributed by atoms with Gasteiger partial charge in [0.25, 0.3) is 5.91 Å². The van der Waals surface area contributed by atoms with Crippen molar-refractivity contribution < 1.29 is 9.59 Å². The second-order valence-corrected chi connectivity index (χ2v) is 2.99. The summed E-state index contributed by atoms with van der Waals surface area (Å²) in [6, 6.07) is 0. The van der Waals surface area contributed by atoms with Gasteiger partial charge in [0.1, 0.15) is 5.92 Å². The van der Waals surface area contributed by atoms with Crippen molar-refractivity contribution in [2.75, 3.05) is 11.1 Å². The highest BCUT2D eigenvalue weighted by molar-refractivity contribution is 6.10. The van der Waals surface area contributed by atoms with Gasteiger partial charge in [0.2, 0.25) is 17.8 Å². The molecule has 14 heavy (non-hydrogen) atoms. The molecule has 1 aromatic heterocycles. The van der Waals surface area contributed by atoms with Crippen molar-refractivity contribution >= 4 is 23.7 Å². The fraction of sp³-hybridized carbons (Fsp3) is 0.429. The van der Waals surface area contributed by atoms with Crippen LogP contribution in [0.5, 0.6) is 0 Å². The molecule has 2 heterocycles. The van der Waals surface area contributed by atoms with Crippen LogP contribution >= 0.6 is 0 Å². The van der Waals surface area contributed by atoms with E-state index in [1.54, 1.807) is 6.92 Å². The quantitative estimate of drug-likeness (QED) is 0.587. The molecule has 2 rings (SSSR count). The van der Waals surface area contributed by atoms with Crippen LogP contribution in [0, 0.1) is 5.92 Å². The van der Waals surface area contributed by atoms with Crippen molar-refractivity contribution in [2.45, 2.75) is 13.3 Å². The van der Waals surface area contributed by atoms with E-state index < -0.39 is 5.92 Å². The molecular formula is C7H9N5O2. The number of carbonyl (C=O) groups is 2. The number of aromatic nitrogens is 3. The third kappa shape index (κ3) is 1.05. The molecule has 0 aromatic carbocycles. The summed E-state index contributed by atoms with van der Waals surface area (Å²) in [4.78, 5) is 26.7. The molecule has 1 aromatic rings. The zero-order chi connectivity index (χ0) is 10.3. The Morgan fingerprint density at radius 1 is 1.57 bits per heavy atom. The molecular weight excluding hydrogens is 186 g/mol. The minimum Gasteiger partial charge on any atom is -0.366 e. The smallest absolute Gasteiger partial charge is 0.262 e. The van der Waals surface area contributed by atoms with Crippen molar-refractivity contribution in [1.29, 1.82) is 0 Å². The number of carbonyl (C=O) groups excluding carboxylic acids is 2. The van der Waals surface area contributed by atoms with Crippen LogP contribution in [0.3, 0.4) is 0 Å². The van der Waals surface area contributed by atoms with Crippen LogP contribution in [0.4, 0.5) is 11.9 Å². The van der Waals surface area contributed by atoms with Crippen LogP contribution in [-0.2, 0) is 4.79 Å². The van der Waals surface area contributed by atoms with Gasteiger partial charge in [-0.1, -0.05) is 6.92 Å². The van der Waals surface area contributed by atoms with Gasteiger partial charge in [0, 0.05) is 0 Å². The van der Waals surface area contributed by atoms with Gasteiger partial charge < -0.3 is 5.73 Å². The van der Waals surface area contributed by atoms with Gasteiger partial charge in [-0.3, -0.25) is 14.9 Å². The molecule has 0 fully saturated rings. The third-order valence-corrected chi connectivity index (χ3v) is 2.09. The Hall–Kier alpha value is -1.92. The van der Waals surface area contributed by atoms with E-state index in [1.165, 1.54) is 0 Å². The maximum absolute atomic E-state index is 11.6.